The van der Waals surface area contributed by atoms with Crippen molar-refractivity contribution in [3.8, 4) is 0 Å². The Hall–Kier alpha value is -0.480. The number of oxazole rings is 1. The van der Waals surface area contributed by atoms with Crippen molar-refractivity contribution < 1.29 is 9.15 Å². The summed E-state index contributed by atoms with van der Waals surface area (Å²) >= 11 is 1.55. The summed E-state index contributed by atoms with van der Waals surface area (Å²) in [6, 6.07) is 0. The average molecular weight is 159 g/mol. The van der Waals surface area contributed by atoms with Gasteiger partial charge in [-0.05, 0) is 0 Å². The number of rotatable bonds is 4. The lowest BCUT2D eigenvalue weighted by atomic mass is 10.9. The van der Waals surface area contributed by atoms with Crippen LogP contribution in [-0.4, -0.2) is 24.5 Å². The Morgan fingerprint density at radius 1 is 1.80 bits per heavy atom. The number of hydrogen-bond acceptors (Lipinski definition) is 4. The molecule has 56 valence electrons. The molecule has 0 saturated carbocycles. The van der Waals surface area contributed by atoms with Crippen LogP contribution in [-0.2, 0) is 4.74 Å². The zero-order chi connectivity index (χ0) is 7.23. The fourth-order valence-electron chi connectivity index (χ4n) is 0.494. The molecule has 1 rings (SSSR count). The molecule has 0 radical (unpaired) electrons. The minimum atomic E-state index is 0.706. The summed E-state index contributed by atoms with van der Waals surface area (Å²) in [5.41, 5.74) is 0. The van der Waals surface area contributed by atoms with E-state index < -0.39 is 0 Å². The van der Waals surface area contributed by atoms with Crippen molar-refractivity contribution in [2.45, 2.75) is 5.22 Å². The predicted molar refractivity (Wildman–Crippen MR) is 39.1 cm³/mol. The van der Waals surface area contributed by atoms with Gasteiger partial charge in [0.2, 0.25) is 0 Å². The molecule has 0 bridgehead atoms. The van der Waals surface area contributed by atoms with Crippen LogP contribution in [0.15, 0.2) is 22.1 Å². The van der Waals surface area contributed by atoms with Crippen LogP contribution < -0.4 is 0 Å². The lowest BCUT2D eigenvalue weighted by Gasteiger charge is -1.93. The fourth-order valence-corrected chi connectivity index (χ4v) is 1.18. The molecule has 0 amide bonds. The van der Waals surface area contributed by atoms with Gasteiger partial charge in [-0.1, -0.05) is 11.8 Å². The second-order valence-electron chi connectivity index (χ2n) is 1.64. The zero-order valence-corrected chi connectivity index (χ0v) is 6.56. The summed E-state index contributed by atoms with van der Waals surface area (Å²) in [5, 5.41) is 0.706. The van der Waals surface area contributed by atoms with Crippen molar-refractivity contribution in [3.05, 3.63) is 12.5 Å². The lowest BCUT2D eigenvalue weighted by Crippen LogP contribution is -1.90. The van der Waals surface area contributed by atoms with Crippen LogP contribution in [0.1, 0.15) is 0 Å². The molecule has 0 fully saturated rings. The molecule has 3 nitrogen and oxygen atoms in total. The van der Waals surface area contributed by atoms with E-state index in [1.54, 1.807) is 31.3 Å². The van der Waals surface area contributed by atoms with Crippen LogP contribution >= 0.6 is 11.8 Å². The van der Waals surface area contributed by atoms with E-state index >= 15 is 0 Å². The summed E-state index contributed by atoms with van der Waals surface area (Å²) in [6.45, 7) is 0.729. The molecule has 0 atom stereocenters. The van der Waals surface area contributed by atoms with Crippen molar-refractivity contribution in [1.82, 2.24) is 4.98 Å². The second-order valence-corrected chi connectivity index (χ2v) is 2.69. The van der Waals surface area contributed by atoms with Crippen molar-refractivity contribution in [3.63, 3.8) is 0 Å². The monoisotopic (exact) mass is 159 g/mol. The first-order valence-corrected chi connectivity index (χ1v) is 3.93. The summed E-state index contributed by atoms with van der Waals surface area (Å²) in [6.07, 6.45) is 3.20. The fraction of sp³-hybridized carbons (Fsp3) is 0.500. The molecule has 4 heteroatoms. The largest absolute Gasteiger partial charge is 0.440 e. The molecule has 0 N–H and O–H groups in total. The molecule has 10 heavy (non-hydrogen) atoms. The third-order valence-corrected chi connectivity index (χ3v) is 1.74. The number of aromatic nitrogens is 1. The SMILES string of the molecule is COCCSc1ncco1. The van der Waals surface area contributed by atoms with E-state index in [9.17, 15) is 0 Å². The Morgan fingerprint density at radius 2 is 2.70 bits per heavy atom. The number of ether oxygens (including phenoxy) is 1. The molecular formula is C6H9NO2S. The highest BCUT2D eigenvalue weighted by Crippen LogP contribution is 2.13. The topological polar surface area (TPSA) is 35.3 Å². The van der Waals surface area contributed by atoms with E-state index in [2.05, 4.69) is 4.98 Å². The highest BCUT2D eigenvalue weighted by atomic mass is 32.2. The molecule has 0 aromatic carbocycles. The van der Waals surface area contributed by atoms with E-state index in [4.69, 9.17) is 9.15 Å². The lowest BCUT2D eigenvalue weighted by molar-refractivity contribution is 0.218. The first-order chi connectivity index (χ1) is 4.93. The maximum Gasteiger partial charge on any atom is 0.255 e. The van der Waals surface area contributed by atoms with Crippen LogP contribution in [0.5, 0.6) is 0 Å². The van der Waals surface area contributed by atoms with Crippen LogP contribution in [0.4, 0.5) is 0 Å². The Balaban J connectivity index is 2.15. The van der Waals surface area contributed by atoms with Crippen LogP contribution in [0.3, 0.4) is 0 Å². The molecular weight excluding hydrogens is 150 g/mol. The van der Waals surface area contributed by atoms with Gasteiger partial charge in [0.1, 0.15) is 6.26 Å². The van der Waals surface area contributed by atoms with E-state index in [1.807, 2.05) is 0 Å². The maximum atomic E-state index is 4.98. The Morgan fingerprint density at radius 3 is 3.30 bits per heavy atom. The molecule has 1 aromatic heterocycles. The van der Waals surface area contributed by atoms with Crippen molar-refractivity contribution in [1.29, 1.82) is 0 Å². The minimum Gasteiger partial charge on any atom is -0.440 e. The van der Waals surface area contributed by atoms with Crippen LogP contribution in [0, 0.1) is 0 Å². The van der Waals surface area contributed by atoms with Gasteiger partial charge < -0.3 is 9.15 Å². The van der Waals surface area contributed by atoms with Gasteiger partial charge >= 0.3 is 0 Å². The molecule has 0 aliphatic heterocycles. The molecule has 1 heterocycles. The van der Waals surface area contributed by atoms with Gasteiger partial charge in [-0.2, -0.15) is 0 Å². The van der Waals surface area contributed by atoms with Gasteiger partial charge in [0.25, 0.3) is 5.22 Å². The van der Waals surface area contributed by atoms with E-state index in [-0.39, 0.29) is 0 Å². The van der Waals surface area contributed by atoms with Gasteiger partial charge in [-0.3, -0.25) is 0 Å². The average Bonchev–Trinajstić information content (AvgIpc) is 2.41. The number of methoxy groups -OCH3 is 1. The predicted octanol–water partition coefficient (Wildman–Crippen LogP) is 1.41. The van der Waals surface area contributed by atoms with E-state index in [0.29, 0.717) is 5.22 Å². The molecule has 0 unspecified atom stereocenters. The summed E-state index contributed by atoms with van der Waals surface area (Å²) in [4.78, 5) is 3.93. The Kier molecular flexibility index (Phi) is 3.32. The second kappa shape index (κ2) is 4.35. The zero-order valence-electron chi connectivity index (χ0n) is 5.74. The highest BCUT2D eigenvalue weighted by Gasteiger charge is 1.95. The van der Waals surface area contributed by atoms with Crippen molar-refractivity contribution >= 4 is 11.8 Å². The van der Waals surface area contributed by atoms with E-state index in [1.165, 1.54) is 0 Å². The number of hydrogen-bond donors (Lipinski definition) is 0. The first-order valence-electron chi connectivity index (χ1n) is 2.94. The third-order valence-electron chi connectivity index (χ3n) is 0.923. The minimum absolute atomic E-state index is 0.706. The van der Waals surface area contributed by atoms with Gasteiger partial charge in [0.05, 0.1) is 12.8 Å². The van der Waals surface area contributed by atoms with Gasteiger partial charge in [0.15, 0.2) is 0 Å². The van der Waals surface area contributed by atoms with Crippen molar-refractivity contribution in [2.24, 2.45) is 0 Å². The summed E-state index contributed by atoms with van der Waals surface area (Å²) in [5.74, 6) is 0.886. The van der Waals surface area contributed by atoms with Gasteiger partial charge in [-0.15, -0.1) is 0 Å². The smallest absolute Gasteiger partial charge is 0.255 e. The molecule has 0 aliphatic rings. The summed E-state index contributed by atoms with van der Waals surface area (Å²) < 4.78 is 9.83. The maximum absolute atomic E-state index is 4.98. The molecule has 0 saturated heterocycles. The normalized spacial score (nSPS) is 10.1. The Bertz CT molecular complexity index is 164. The van der Waals surface area contributed by atoms with E-state index in [0.717, 1.165) is 12.4 Å². The van der Waals surface area contributed by atoms with Crippen LogP contribution in [0.25, 0.3) is 0 Å². The molecule has 0 spiro atoms. The standard InChI is InChI=1S/C6H9NO2S/c1-8-4-5-10-6-7-2-3-9-6/h2-3H,4-5H2,1H3. The number of nitrogens with zero attached hydrogens (tertiary/aromatic N) is 1. The number of thioether (sulfide) groups is 1. The first kappa shape index (κ1) is 7.63. The van der Waals surface area contributed by atoms with Gasteiger partial charge in [-0.25, -0.2) is 4.98 Å². The third kappa shape index (κ3) is 2.41. The Labute approximate surface area is 63.8 Å². The van der Waals surface area contributed by atoms with Crippen LogP contribution in [0.2, 0.25) is 0 Å². The highest BCUT2D eigenvalue weighted by molar-refractivity contribution is 7.99. The van der Waals surface area contributed by atoms with Gasteiger partial charge in [0, 0.05) is 12.9 Å². The quantitative estimate of drug-likeness (QED) is 0.491. The molecule has 1 aromatic rings. The van der Waals surface area contributed by atoms with Crippen molar-refractivity contribution in [2.75, 3.05) is 19.5 Å². The summed E-state index contributed by atoms with van der Waals surface area (Å²) in [7, 11) is 1.68. The molecule has 0 aliphatic carbocycles.